The highest BCUT2D eigenvalue weighted by Crippen LogP contribution is 2.25. The Bertz CT molecular complexity index is 725. The van der Waals surface area contributed by atoms with Crippen molar-refractivity contribution in [2.45, 2.75) is 38.8 Å². The summed E-state index contributed by atoms with van der Waals surface area (Å²) in [7, 11) is 0. The SMILES string of the molecule is CC1CCCCN1c1cc(Cl)nc(NC(=S)NCc2ccccc2)n1. The van der Waals surface area contributed by atoms with Crippen molar-refractivity contribution < 1.29 is 0 Å². The van der Waals surface area contributed by atoms with E-state index >= 15 is 0 Å². The molecule has 7 heteroatoms. The first-order chi connectivity index (χ1) is 12.1. The number of rotatable bonds is 4. The first kappa shape index (κ1) is 17.9. The lowest BCUT2D eigenvalue weighted by molar-refractivity contribution is 0.481. The third kappa shape index (κ3) is 5.03. The van der Waals surface area contributed by atoms with E-state index in [1.54, 1.807) is 0 Å². The average molecular weight is 376 g/mol. The summed E-state index contributed by atoms with van der Waals surface area (Å²) >= 11 is 11.5. The van der Waals surface area contributed by atoms with Gasteiger partial charge in [-0.25, -0.2) is 4.98 Å². The number of piperidine rings is 1. The van der Waals surface area contributed by atoms with E-state index in [1.807, 2.05) is 36.4 Å². The minimum absolute atomic E-state index is 0.413. The third-order valence-electron chi connectivity index (χ3n) is 4.30. The lowest BCUT2D eigenvalue weighted by Crippen LogP contribution is -2.38. The molecule has 0 aliphatic carbocycles. The van der Waals surface area contributed by atoms with Gasteiger partial charge in [0.2, 0.25) is 5.95 Å². The van der Waals surface area contributed by atoms with Gasteiger partial charge < -0.3 is 15.5 Å². The number of nitrogens with zero attached hydrogens (tertiary/aromatic N) is 3. The molecule has 132 valence electrons. The Morgan fingerprint density at radius 1 is 1.28 bits per heavy atom. The highest BCUT2D eigenvalue weighted by atomic mass is 35.5. The summed E-state index contributed by atoms with van der Waals surface area (Å²) in [6.07, 6.45) is 3.60. The summed E-state index contributed by atoms with van der Waals surface area (Å²) < 4.78 is 0. The van der Waals surface area contributed by atoms with Gasteiger partial charge in [0.15, 0.2) is 5.11 Å². The van der Waals surface area contributed by atoms with Gasteiger partial charge >= 0.3 is 0 Å². The number of halogens is 1. The highest BCUT2D eigenvalue weighted by Gasteiger charge is 2.20. The molecule has 0 bridgehead atoms. The van der Waals surface area contributed by atoms with Gasteiger partial charge in [0.25, 0.3) is 0 Å². The third-order valence-corrected chi connectivity index (χ3v) is 4.74. The lowest BCUT2D eigenvalue weighted by atomic mass is 10.0. The van der Waals surface area contributed by atoms with Crippen LogP contribution in [0, 0.1) is 0 Å². The maximum absolute atomic E-state index is 6.19. The molecule has 0 radical (unpaired) electrons. The van der Waals surface area contributed by atoms with Crippen LogP contribution in [0.3, 0.4) is 0 Å². The second-order valence-corrected chi connectivity index (χ2v) is 7.00. The molecule has 2 N–H and O–H groups in total. The Morgan fingerprint density at radius 3 is 2.84 bits per heavy atom. The van der Waals surface area contributed by atoms with Crippen LogP contribution in [0.15, 0.2) is 36.4 Å². The van der Waals surface area contributed by atoms with Crippen molar-refractivity contribution in [1.29, 1.82) is 0 Å². The molecule has 5 nitrogen and oxygen atoms in total. The molecule has 1 aliphatic heterocycles. The van der Waals surface area contributed by atoms with Crippen molar-refractivity contribution in [2.75, 3.05) is 16.8 Å². The van der Waals surface area contributed by atoms with Gasteiger partial charge in [-0.2, -0.15) is 4.98 Å². The average Bonchev–Trinajstić information content (AvgIpc) is 2.61. The van der Waals surface area contributed by atoms with Crippen LogP contribution in [0.5, 0.6) is 0 Å². The van der Waals surface area contributed by atoms with E-state index in [1.165, 1.54) is 19.3 Å². The summed E-state index contributed by atoms with van der Waals surface area (Å²) in [5, 5.41) is 7.08. The quantitative estimate of drug-likeness (QED) is 0.622. The molecule has 1 aromatic carbocycles. The Labute approximate surface area is 158 Å². The fraction of sp³-hybridized carbons (Fsp3) is 0.389. The number of thiocarbonyl (C=S) groups is 1. The van der Waals surface area contributed by atoms with Gasteiger partial charge in [-0.15, -0.1) is 0 Å². The first-order valence-corrected chi connectivity index (χ1v) is 9.30. The second kappa shape index (κ2) is 8.45. The molecule has 1 atom stereocenters. The molecule has 0 spiro atoms. The van der Waals surface area contributed by atoms with Gasteiger partial charge in [-0.05, 0) is 44.0 Å². The number of nitrogens with one attached hydrogen (secondary N) is 2. The maximum atomic E-state index is 6.19. The van der Waals surface area contributed by atoms with Crippen molar-refractivity contribution in [3.05, 3.63) is 47.1 Å². The molecular weight excluding hydrogens is 354 g/mol. The number of hydrogen-bond acceptors (Lipinski definition) is 4. The normalized spacial score (nSPS) is 17.2. The largest absolute Gasteiger partial charge is 0.358 e. The van der Waals surface area contributed by atoms with Crippen molar-refractivity contribution in [1.82, 2.24) is 15.3 Å². The number of hydrogen-bond donors (Lipinski definition) is 2. The highest BCUT2D eigenvalue weighted by molar-refractivity contribution is 7.80. The molecule has 1 unspecified atom stereocenters. The van der Waals surface area contributed by atoms with Crippen molar-refractivity contribution >= 4 is 40.7 Å². The molecule has 0 amide bonds. The predicted molar refractivity (Wildman–Crippen MR) is 107 cm³/mol. The fourth-order valence-corrected chi connectivity index (χ4v) is 3.31. The molecule has 2 heterocycles. The fourth-order valence-electron chi connectivity index (χ4n) is 2.97. The van der Waals surface area contributed by atoms with Gasteiger partial charge in [0.05, 0.1) is 0 Å². The first-order valence-electron chi connectivity index (χ1n) is 8.52. The number of benzene rings is 1. The summed E-state index contributed by atoms with van der Waals surface area (Å²) in [4.78, 5) is 11.1. The van der Waals surface area contributed by atoms with Crippen molar-refractivity contribution in [2.24, 2.45) is 0 Å². The second-order valence-electron chi connectivity index (χ2n) is 6.20. The zero-order valence-electron chi connectivity index (χ0n) is 14.2. The van der Waals surface area contributed by atoms with E-state index in [-0.39, 0.29) is 0 Å². The number of anilines is 2. The van der Waals surface area contributed by atoms with Gasteiger partial charge in [0.1, 0.15) is 11.0 Å². The summed E-state index contributed by atoms with van der Waals surface area (Å²) in [6.45, 7) is 3.85. The van der Waals surface area contributed by atoms with E-state index in [0.29, 0.717) is 28.8 Å². The molecule has 1 aliphatic rings. The standard InChI is InChI=1S/C18H22ClN5S/c1-13-7-5-6-10-24(13)16-11-15(19)21-17(22-16)23-18(25)20-12-14-8-3-2-4-9-14/h2-4,8-9,11,13H,5-7,10,12H2,1H3,(H2,20,21,22,23,25). The van der Waals surface area contributed by atoms with Gasteiger partial charge in [0, 0.05) is 25.2 Å². The van der Waals surface area contributed by atoms with E-state index in [0.717, 1.165) is 17.9 Å². The van der Waals surface area contributed by atoms with Crippen LogP contribution in [0.4, 0.5) is 11.8 Å². The minimum atomic E-state index is 0.413. The Kier molecular flexibility index (Phi) is 6.04. The summed E-state index contributed by atoms with van der Waals surface area (Å²) in [6, 6.07) is 12.3. The van der Waals surface area contributed by atoms with Crippen LogP contribution in [0.2, 0.25) is 5.15 Å². The minimum Gasteiger partial charge on any atom is -0.358 e. The topological polar surface area (TPSA) is 53.1 Å². The number of aromatic nitrogens is 2. The molecule has 2 aromatic rings. The Balaban J connectivity index is 1.64. The van der Waals surface area contributed by atoms with Crippen LogP contribution in [0.1, 0.15) is 31.7 Å². The molecule has 25 heavy (non-hydrogen) atoms. The van der Waals surface area contributed by atoms with Crippen LogP contribution in [-0.2, 0) is 6.54 Å². The van der Waals surface area contributed by atoms with Crippen LogP contribution >= 0.6 is 23.8 Å². The smallest absolute Gasteiger partial charge is 0.232 e. The van der Waals surface area contributed by atoms with E-state index in [2.05, 4.69) is 32.4 Å². The van der Waals surface area contributed by atoms with Crippen LogP contribution in [0.25, 0.3) is 0 Å². The molecule has 1 fully saturated rings. The van der Waals surface area contributed by atoms with Crippen LogP contribution in [-0.4, -0.2) is 27.7 Å². The zero-order chi connectivity index (χ0) is 17.6. The van der Waals surface area contributed by atoms with E-state index < -0.39 is 0 Å². The Hall–Kier alpha value is -1.92. The predicted octanol–water partition coefficient (Wildman–Crippen LogP) is 4.00. The molecule has 1 aromatic heterocycles. The summed E-state index contributed by atoms with van der Waals surface area (Å²) in [5.41, 5.74) is 1.15. The van der Waals surface area contributed by atoms with Gasteiger partial charge in [-0.3, -0.25) is 0 Å². The lowest BCUT2D eigenvalue weighted by Gasteiger charge is -2.34. The molecular formula is C18H22ClN5S. The van der Waals surface area contributed by atoms with Crippen molar-refractivity contribution in [3.63, 3.8) is 0 Å². The van der Waals surface area contributed by atoms with Crippen LogP contribution < -0.4 is 15.5 Å². The molecule has 0 saturated carbocycles. The van der Waals surface area contributed by atoms with E-state index in [4.69, 9.17) is 23.8 Å². The Morgan fingerprint density at radius 2 is 2.08 bits per heavy atom. The van der Waals surface area contributed by atoms with Gasteiger partial charge in [-0.1, -0.05) is 41.9 Å². The van der Waals surface area contributed by atoms with Crippen molar-refractivity contribution in [3.8, 4) is 0 Å². The molecule has 1 saturated heterocycles. The maximum Gasteiger partial charge on any atom is 0.232 e. The molecule has 3 rings (SSSR count). The van der Waals surface area contributed by atoms with E-state index in [9.17, 15) is 0 Å². The summed E-state index contributed by atoms with van der Waals surface area (Å²) in [5.74, 6) is 1.27. The monoisotopic (exact) mass is 375 g/mol. The zero-order valence-corrected chi connectivity index (χ0v) is 15.8.